The molecule has 13 heavy (non-hydrogen) atoms. The number of hydrogen-bond acceptors (Lipinski definition) is 3. The zero-order chi connectivity index (χ0) is 9.68. The van der Waals surface area contributed by atoms with Crippen molar-refractivity contribution in [3.05, 3.63) is 30.1 Å². The van der Waals surface area contributed by atoms with Crippen LogP contribution in [0.1, 0.15) is 19.4 Å². The summed E-state index contributed by atoms with van der Waals surface area (Å²) in [6.07, 6.45) is 3.42. The lowest BCUT2D eigenvalue weighted by molar-refractivity contribution is 1.05. The Hall–Kier alpha value is -1.51. The van der Waals surface area contributed by atoms with E-state index >= 15 is 0 Å². The summed E-state index contributed by atoms with van der Waals surface area (Å²) >= 11 is 0. The van der Waals surface area contributed by atoms with Crippen molar-refractivity contribution in [3.8, 4) is 0 Å². The third-order valence-corrected chi connectivity index (χ3v) is 1.65. The van der Waals surface area contributed by atoms with Crippen LogP contribution in [0.3, 0.4) is 0 Å². The molecule has 0 aliphatic rings. The number of aryl methyl sites for hydroxylation is 1. The third kappa shape index (κ3) is 1.99. The highest BCUT2D eigenvalue weighted by Crippen LogP contribution is 2.10. The van der Waals surface area contributed by atoms with Crippen LogP contribution in [-0.2, 0) is 0 Å². The first kappa shape index (κ1) is 9.58. The largest absolute Gasteiger partial charge is 0.235 e. The van der Waals surface area contributed by atoms with Crippen molar-refractivity contribution < 1.29 is 0 Å². The van der Waals surface area contributed by atoms with Gasteiger partial charge in [0.25, 0.3) is 0 Å². The van der Waals surface area contributed by atoms with Gasteiger partial charge in [-0.25, -0.2) is 4.98 Å². The van der Waals surface area contributed by atoms with Crippen LogP contribution in [0.4, 0.5) is 0 Å². The molecule has 0 unspecified atom stereocenters. The van der Waals surface area contributed by atoms with Gasteiger partial charge in [0.05, 0.1) is 6.20 Å². The van der Waals surface area contributed by atoms with Gasteiger partial charge in [0.1, 0.15) is 0 Å². The quantitative estimate of drug-likeness (QED) is 0.617. The van der Waals surface area contributed by atoms with E-state index in [-0.39, 0.29) is 0 Å². The molecule has 0 radical (unpaired) electrons. The van der Waals surface area contributed by atoms with Gasteiger partial charge in [0.15, 0.2) is 5.65 Å². The van der Waals surface area contributed by atoms with Gasteiger partial charge in [-0.05, 0) is 24.6 Å². The Morgan fingerprint density at radius 3 is 2.54 bits per heavy atom. The molecule has 2 rings (SSSR count). The molecule has 2 aromatic rings. The van der Waals surface area contributed by atoms with Crippen molar-refractivity contribution in [3.63, 3.8) is 0 Å². The molecule has 3 heteroatoms. The van der Waals surface area contributed by atoms with Crippen LogP contribution in [0.2, 0.25) is 0 Å². The predicted octanol–water partition coefficient (Wildman–Crippen LogP) is 2.36. The van der Waals surface area contributed by atoms with E-state index < -0.39 is 0 Å². The molecule has 0 fully saturated rings. The minimum atomic E-state index is 0.715. The van der Waals surface area contributed by atoms with Crippen molar-refractivity contribution in [1.82, 2.24) is 15.2 Å². The Kier molecular flexibility index (Phi) is 3.31. The maximum Gasteiger partial charge on any atom is 0.181 e. The van der Waals surface area contributed by atoms with Crippen molar-refractivity contribution in [1.29, 1.82) is 0 Å². The van der Waals surface area contributed by atoms with Crippen LogP contribution in [0.5, 0.6) is 0 Å². The van der Waals surface area contributed by atoms with Gasteiger partial charge in [-0.3, -0.25) is 0 Å². The van der Waals surface area contributed by atoms with Crippen LogP contribution in [0, 0.1) is 6.92 Å². The van der Waals surface area contributed by atoms with Crippen molar-refractivity contribution >= 4 is 11.0 Å². The van der Waals surface area contributed by atoms with E-state index in [4.69, 9.17) is 0 Å². The van der Waals surface area contributed by atoms with Crippen LogP contribution in [-0.4, -0.2) is 15.2 Å². The van der Waals surface area contributed by atoms with Gasteiger partial charge >= 0.3 is 0 Å². The molecule has 0 amide bonds. The maximum absolute atomic E-state index is 4.07. The maximum atomic E-state index is 4.07. The predicted molar refractivity (Wildman–Crippen MR) is 53.4 cm³/mol. The van der Waals surface area contributed by atoms with Gasteiger partial charge in [-0.1, -0.05) is 13.8 Å². The fraction of sp³-hybridized carbons (Fsp3) is 0.300. The molecule has 0 aromatic carbocycles. The zero-order valence-corrected chi connectivity index (χ0v) is 8.15. The lowest BCUT2D eigenvalue weighted by Crippen LogP contribution is -1.87. The zero-order valence-electron chi connectivity index (χ0n) is 8.15. The summed E-state index contributed by atoms with van der Waals surface area (Å²) in [4.78, 5) is 4.07. The molecular formula is C10H13N3. The molecule has 0 atom stereocenters. The topological polar surface area (TPSA) is 38.7 Å². The molecular weight excluding hydrogens is 162 g/mol. The summed E-state index contributed by atoms with van der Waals surface area (Å²) in [6.45, 7) is 6.03. The summed E-state index contributed by atoms with van der Waals surface area (Å²) in [5.74, 6) is 0. The second kappa shape index (κ2) is 4.50. The van der Waals surface area contributed by atoms with Crippen molar-refractivity contribution in [2.75, 3.05) is 0 Å². The van der Waals surface area contributed by atoms with Crippen LogP contribution in [0.25, 0.3) is 11.0 Å². The highest BCUT2D eigenvalue weighted by Gasteiger charge is 1.95. The van der Waals surface area contributed by atoms with E-state index in [1.54, 1.807) is 12.4 Å². The smallest absolute Gasteiger partial charge is 0.181 e. The molecule has 0 N–H and O–H groups in total. The highest BCUT2D eigenvalue weighted by molar-refractivity contribution is 5.77. The van der Waals surface area contributed by atoms with Gasteiger partial charge in [-0.2, -0.15) is 5.10 Å². The standard InChI is InChI=1S/C8H7N3.C2H6/c1-6-2-4-9-8-7(6)3-5-10-11-8;1-2/h2-5H,1H3;1-2H3. The molecule has 3 nitrogen and oxygen atoms in total. The van der Waals surface area contributed by atoms with Crippen molar-refractivity contribution in [2.24, 2.45) is 0 Å². The lowest BCUT2D eigenvalue weighted by Gasteiger charge is -1.96. The SMILES string of the molecule is CC.Cc1ccnc2nnccc12. The first-order chi connectivity index (χ1) is 6.38. The van der Waals surface area contributed by atoms with E-state index in [9.17, 15) is 0 Å². The van der Waals surface area contributed by atoms with Crippen LogP contribution < -0.4 is 0 Å². The van der Waals surface area contributed by atoms with Gasteiger partial charge in [0.2, 0.25) is 0 Å². The molecule has 0 spiro atoms. The van der Waals surface area contributed by atoms with Gasteiger partial charge < -0.3 is 0 Å². The first-order valence-electron chi connectivity index (χ1n) is 4.41. The number of fused-ring (bicyclic) bond motifs is 1. The molecule has 2 aromatic heterocycles. The molecule has 0 saturated carbocycles. The van der Waals surface area contributed by atoms with Gasteiger partial charge in [-0.15, -0.1) is 5.10 Å². The van der Waals surface area contributed by atoms with Crippen LogP contribution >= 0.6 is 0 Å². The Labute approximate surface area is 77.8 Å². The average Bonchev–Trinajstić information content (AvgIpc) is 2.22. The normalized spacial score (nSPS) is 9.15. The molecule has 0 aliphatic carbocycles. The number of aromatic nitrogens is 3. The second-order valence-corrected chi connectivity index (χ2v) is 2.40. The van der Waals surface area contributed by atoms with Gasteiger partial charge in [0, 0.05) is 11.6 Å². The second-order valence-electron chi connectivity index (χ2n) is 2.40. The van der Waals surface area contributed by atoms with E-state index in [0.29, 0.717) is 5.65 Å². The Bertz CT molecular complexity index is 379. The highest BCUT2D eigenvalue weighted by atomic mass is 15.1. The summed E-state index contributed by atoms with van der Waals surface area (Å²) in [6, 6.07) is 3.88. The Balaban J connectivity index is 0.000000396. The molecule has 0 aliphatic heterocycles. The molecule has 68 valence electrons. The minimum absolute atomic E-state index is 0.715. The first-order valence-corrected chi connectivity index (χ1v) is 4.41. The average molecular weight is 175 g/mol. The number of nitrogens with zero attached hydrogens (tertiary/aromatic N) is 3. The van der Waals surface area contributed by atoms with E-state index in [1.165, 1.54) is 5.56 Å². The summed E-state index contributed by atoms with van der Waals surface area (Å²) in [7, 11) is 0. The minimum Gasteiger partial charge on any atom is -0.235 e. The number of pyridine rings is 1. The summed E-state index contributed by atoms with van der Waals surface area (Å²) < 4.78 is 0. The number of hydrogen-bond donors (Lipinski definition) is 0. The Morgan fingerprint density at radius 2 is 1.85 bits per heavy atom. The Morgan fingerprint density at radius 1 is 1.08 bits per heavy atom. The third-order valence-electron chi connectivity index (χ3n) is 1.65. The molecule has 0 saturated heterocycles. The lowest BCUT2D eigenvalue weighted by atomic mass is 10.2. The van der Waals surface area contributed by atoms with Crippen molar-refractivity contribution in [2.45, 2.75) is 20.8 Å². The number of rotatable bonds is 0. The summed E-state index contributed by atoms with van der Waals surface area (Å²) in [5, 5.41) is 8.69. The molecule has 0 bridgehead atoms. The van der Waals surface area contributed by atoms with Crippen LogP contribution in [0.15, 0.2) is 24.5 Å². The summed E-state index contributed by atoms with van der Waals surface area (Å²) in [5.41, 5.74) is 1.90. The fourth-order valence-corrected chi connectivity index (χ4v) is 1.04. The van der Waals surface area contributed by atoms with E-state index in [0.717, 1.165) is 5.39 Å². The van der Waals surface area contributed by atoms with E-state index in [2.05, 4.69) is 15.2 Å². The fourth-order valence-electron chi connectivity index (χ4n) is 1.04. The van der Waals surface area contributed by atoms with E-state index in [1.807, 2.05) is 32.9 Å². The molecule has 2 heterocycles. The monoisotopic (exact) mass is 175 g/mol.